The van der Waals surface area contributed by atoms with Crippen LogP contribution in [-0.2, 0) is 5.72 Å². The third-order valence-electron chi connectivity index (χ3n) is 3.92. The van der Waals surface area contributed by atoms with Crippen molar-refractivity contribution in [1.82, 2.24) is 5.32 Å². The van der Waals surface area contributed by atoms with E-state index >= 15 is 0 Å². The molecule has 1 atom stereocenters. The second kappa shape index (κ2) is 7.14. The van der Waals surface area contributed by atoms with Gasteiger partial charge in [-0.25, -0.2) is 0 Å². The summed E-state index contributed by atoms with van der Waals surface area (Å²) in [6, 6.07) is 16.6. The molecule has 116 valence electrons. The van der Waals surface area contributed by atoms with E-state index in [0.29, 0.717) is 0 Å². The highest BCUT2D eigenvalue weighted by molar-refractivity contribution is 7.08. The van der Waals surface area contributed by atoms with Crippen LogP contribution in [0, 0.1) is 0 Å². The number of fused-ring (bicyclic) bond motifs is 1. The summed E-state index contributed by atoms with van der Waals surface area (Å²) in [6.07, 6.45) is 0.851. The number of hydrogen-bond acceptors (Lipinski definition) is 3. The zero-order valence-electron chi connectivity index (χ0n) is 12.7. The highest BCUT2D eigenvalue weighted by atomic mass is 35.5. The Morgan fingerprint density at radius 2 is 1.86 bits per heavy atom. The summed E-state index contributed by atoms with van der Waals surface area (Å²) in [7, 11) is 1.95. The minimum atomic E-state index is -0.482. The summed E-state index contributed by atoms with van der Waals surface area (Å²) in [5.74, 6) is 0.913. The molecule has 0 spiro atoms. The van der Waals surface area contributed by atoms with Gasteiger partial charge in [-0.15, -0.1) is 12.4 Å². The van der Waals surface area contributed by atoms with E-state index in [1.807, 2.05) is 25.2 Å². The Morgan fingerprint density at radius 1 is 1.09 bits per heavy atom. The first-order valence-corrected chi connectivity index (χ1v) is 8.12. The zero-order chi connectivity index (χ0) is 14.7. The lowest BCUT2D eigenvalue weighted by molar-refractivity contribution is 0.0347. The zero-order valence-corrected chi connectivity index (χ0v) is 14.3. The molecule has 0 fully saturated rings. The maximum atomic E-state index is 6.45. The van der Waals surface area contributed by atoms with Crippen LogP contribution < -0.4 is 10.1 Å². The summed E-state index contributed by atoms with van der Waals surface area (Å²) < 4.78 is 6.45. The number of ether oxygens (including phenoxy) is 1. The first-order chi connectivity index (χ1) is 10.3. The van der Waals surface area contributed by atoms with Gasteiger partial charge in [0, 0.05) is 17.4 Å². The topological polar surface area (TPSA) is 21.3 Å². The van der Waals surface area contributed by atoms with Crippen LogP contribution in [0.5, 0.6) is 5.75 Å². The molecule has 22 heavy (non-hydrogen) atoms. The monoisotopic (exact) mass is 333 g/mol. The molecule has 1 N–H and O–H groups in total. The van der Waals surface area contributed by atoms with Gasteiger partial charge < -0.3 is 4.74 Å². The van der Waals surface area contributed by atoms with Crippen LogP contribution in [0.3, 0.4) is 0 Å². The number of thiophene rings is 1. The maximum absolute atomic E-state index is 6.45. The first kappa shape index (κ1) is 16.8. The number of hydrogen-bond donors (Lipinski definition) is 1. The van der Waals surface area contributed by atoms with Crippen molar-refractivity contribution in [2.24, 2.45) is 0 Å². The summed E-state index contributed by atoms with van der Waals surface area (Å²) in [4.78, 5) is 0. The van der Waals surface area contributed by atoms with Gasteiger partial charge in [0.1, 0.15) is 5.75 Å². The highest BCUT2D eigenvalue weighted by Gasteiger charge is 2.31. The summed E-state index contributed by atoms with van der Waals surface area (Å²) >= 11 is 1.69. The van der Waals surface area contributed by atoms with Crippen LogP contribution in [0.4, 0.5) is 0 Å². The van der Waals surface area contributed by atoms with Crippen molar-refractivity contribution in [2.45, 2.75) is 19.1 Å². The normalized spacial score (nSPS) is 13.4. The SMILES string of the molecule is CC[C@](NC)(Oc1cccc2ccccc12)c1ccsc1.Cl. The van der Waals surface area contributed by atoms with Crippen LogP contribution in [0.1, 0.15) is 18.9 Å². The second-order valence-corrected chi connectivity index (χ2v) is 5.80. The molecule has 0 unspecified atom stereocenters. The molecule has 0 radical (unpaired) electrons. The average Bonchev–Trinajstić information content (AvgIpc) is 3.08. The number of nitrogens with one attached hydrogen (secondary N) is 1. The van der Waals surface area contributed by atoms with Crippen molar-refractivity contribution >= 4 is 34.5 Å². The van der Waals surface area contributed by atoms with Crippen LogP contribution >= 0.6 is 23.7 Å². The lowest BCUT2D eigenvalue weighted by Crippen LogP contribution is -2.44. The fraction of sp³-hybridized carbons (Fsp3) is 0.222. The van der Waals surface area contributed by atoms with Crippen molar-refractivity contribution in [3.05, 3.63) is 64.9 Å². The molecule has 2 aromatic carbocycles. The van der Waals surface area contributed by atoms with Gasteiger partial charge in [0.05, 0.1) is 0 Å². The molecule has 0 saturated carbocycles. The van der Waals surface area contributed by atoms with Gasteiger partial charge in [0.15, 0.2) is 5.72 Å². The minimum Gasteiger partial charge on any atom is -0.468 e. The standard InChI is InChI=1S/C18H19NOS.ClH/c1-3-18(19-2,15-11-12-21-13-15)20-17-10-6-8-14-7-4-5-9-16(14)17;/h4-13,19H,3H2,1-2H3;1H/t18-;/m0./s1. The van der Waals surface area contributed by atoms with Gasteiger partial charge in [-0.1, -0.05) is 43.3 Å². The molecule has 0 aliphatic carbocycles. The van der Waals surface area contributed by atoms with E-state index < -0.39 is 5.72 Å². The lowest BCUT2D eigenvalue weighted by Gasteiger charge is -2.33. The second-order valence-electron chi connectivity index (χ2n) is 5.02. The van der Waals surface area contributed by atoms with E-state index in [0.717, 1.165) is 17.6 Å². The molecule has 1 aromatic heterocycles. The number of halogens is 1. The van der Waals surface area contributed by atoms with Crippen molar-refractivity contribution in [1.29, 1.82) is 0 Å². The molecule has 0 aliphatic rings. The van der Waals surface area contributed by atoms with E-state index in [9.17, 15) is 0 Å². The molecule has 2 nitrogen and oxygen atoms in total. The molecule has 1 heterocycles. The van der Waals surface area contributed by atoms with Crippen molar-refractivity contribution in [2.75, 3.05) is 7.05 Å². The van der Waals surface area contributed by atoms with E-state index in [1.54, 1.807) is 11.3 Å². The Hall–Kier alpha value is -1.55. The molecular formula is C18H20ClNOS. The molecule has 3 rings (SSSR count). The van der Waals surface area contributed by atoms with Crippen molar-refractivity contribution < 1.29 is 4.74 Å². The number of rotatable bonds is 5. The Labute approximate surface area is 141 Å². The lowest BCUT2D eigenvalue weighted by atomic mass is 10.0. The summed E-state index contributed by atoms with van der Waals surface area (Å²) in [5.41, 5.74) is 0.690. The van der Waals surface area contributed by atoms with Crippen LogP contribution in [0.25, 0.3) is 10.8 Å². The Morgan fingerprint density at radius 3 is 2.55 bits per heavy atom. The van der Waals surface area contributed by atoms with Crippen LogP contribution in [0.2, 0.25) is 0 Å². The Balaban J connectivity index is 0.00000176. The highest BCUT2D eigenvalue weighted by Crippen LogP contribution is 2.34. The van der Waals surface area contributed by atoms with Gasteiger partial charge in [-0.2, -0.15) is 11.3 Å². The summed E-state index contributed by atoms with van der Waals surface area (Å²) in [5, 5.41) is 9.93. The molecular weight excluding hydrogens is 314 g/mol. The van der Waals surface area contributed by atoms with Gasteiger partial charge in [-0.05, 0) is 35.3 Å². The largest absolute Gasteiger partial charge is 0.468 e. The van der Waals surface area contributed by atoms with Crippen LogP contribution in [-0.4, -0.2) is 7.05 Å². The van der Waals surface area contributed by atoms with Gasteiger partial charge in [-0.3, -0.25) is 5.32 Å². The van der Waals surface area contributed by atoms with E-state index in [1.165, 1.54) is 10.9 Å². The van der Waals surface area contributed by atoms with Crippen molar-refractivity contribution in [3.8, 4) is 5.75 Å². The molecule has 3 aromatic rings. The molecule has 0 aliphatic heterocycles. The minimum absolute atomic E-state index is 0. The number of benzene rings is 2. The predicted molar refractivity (Wildman–Crippen MR) is 97.2 cm³/mol. The van der Waals surface area contributed by atoms with E-state index in [4.69, 9.17) is 4.74 Å². The first-order valence-electron chi connectivity index (χ1n) is 7.17. The van der Waals surface area contributed by atoms with E-state index in [-0.39, 0.29) is 12.4 Å². The fourth-order valence-electron chi connectivity index (χ4n) is 2.67. The summed E-state index contributed by atoms with van der Waals surface area (Å²) in [6.45, 7) is 2.14. The molecule has 0 saturated heterocycles. The van der Waals surface area contributed by atoms with Crippen LogP contribution in [0.15, 0.2) is 59.3 Å². The third kappa shape index (κ3) is 2.98. The molecule has 0 amide bonds. The Kier molecular flexibility index (Phi) is 5.46. The average molecular weight is 334 g/mol. The molecule has 4 heteroatoms. The fourth-order valence-corrected chi connectivity index (χ4v) is 3.39. The smallest absolute Gasteiger partial charge is 0.187 e. The van der Waals surface area contributed by atoms with Gasteiger partial charge in [0.2, 0.25) is 0 Å². The maximum Gasteiger partial charge on any atom is 0.187 e. The quantitative estimate of drug-likeness (QED) is 0.649. The predicted octanol–water partition coefficient (Wildman–Crippen LogP) is 5.18. The van der Waals surface area contributed by atoms with Gasteiger partial charge >= 0.3 is 0 Å². The van der Waals surface area contributed by atoms with Crippen molar-refractivity contribution in [3.63, 3.8) is 0 Å². The Bertz CT molecular complexity index is 718. The van der Waals surface area contributed by atoms with E-state index in [2.05, 4.69) is 53.3 Å². The van der Waals surface area contributed by atoms with Gasteiger partial charge in [0.25, 0.3) is 0 Å². The third-order valence-corrected chi connectivity index (χ3v) is 4.61. The molecule has 0 bridgehead atoms.